The Balaban J connectivity index is 4.61. The molecule has 0 aromatic heterocycles. The highest BCUT2D eigenvalue weighted by Crippen LogP contribution is 2.10. The summed E-state index contributed by atoms with van der Waals surface area (Å²) >= 11 is 0. The van der Waals surface area contributed by atoms with E-state index in [4.69, 9.17) is 14.2 Å². The summed E-state index contributed by atoms with van der Waals surface area (Å²) < 4.78 is 16.7. The molecular formula is C73H106O6. The zero-order valence-electron chi connectivity index (χ0n) is 49.5. The molecule has 79 heavy (non-hydrogen) atoms. The van der Waals surface area contributed by atoms with Crippen LogP contribution in [0.1, 0.15) is 201 Å². The van der Waals surface area contributed by atoms with Gasteiger partial charge in [0.15, 0.2) is 6.10 Å². The van der Waals surface area contributed by atoms with E-state index in [1.807, 2.05) is 12.2 Å². The summed E-state index contributed by atoms with van der Waals surface area (Å²) in [6.07, 6.45) is 101. The normalized spacial score (nSPS) is 13.7. The molecule has 0 bridgehead atoms. The molecule has 0 radical (unpaired) electrons. The molecule has 0 aromatic rings. The van der Waals surface area contributed by atoms with Gasteiger partial charge in [-0.05, 0) is 161 Å². The first kappa shape index (κ1) is 72.7. The molecule has 0 amide bonds. The molecule has 434 valence electrons. The van der Waals surface area contributed by atoms with Crippen LogP contribution >= 0.6 is 0 Å². The Hall–Kier alpha value is -6.27. The number of carbonyl (C=O) groups excluding carboxylic acids is 3. The van der Waals surface area contributed by atoms with E-state index < -0.39 is 12.1 Å². The van der Waals surface area contributed by atoms with E-state index in [1.165, 1.54) is 0 Å². The van der Waals surface area contributed by atoms with Crippen LogP contribution in [0, 0.1) is 0 Å². The predicted octanol–water partition coefficient (Wildman–Crippen LogP) is 21.0. The lowest BCUT2D eigenvalue weighted by Crippen LogP contribution is -2.30. The Labute approximate surface area is 482 Å². The van der Waals surface area contributed by atoms with Crippen molar-refractivity contribution in [2.24, 2.45) is 0 Å². The fourth-order valence-electron chi connectivity index (χ4n) is 7.06. The van der Waals surface area contributed by atoms with E-state index in [2.05, 4.69) is 227 Å². The summed E-state index contributed by atoms with van der Waals surface area (Å²) in [7, 11) is 0. The van der Waals surface area contributed by atoms with Gasteiger partial charge in [-0.1, -0.05) is 240 Å². The molecule has 1 atom stereocenters. The van der Waals surface area contributed by atoms with Gasteiger partial charge >= 0.3 is 17.9 Å². The Kier molecular flexibility index (Phi) is 59.2. The number of ether oxygens (including phenoxy) is 3. The molecule has 0 aliphatic heterocycles. The highest BCUT2D eigenvalue weighted by Gasteiger charge is 2.19. The SMILES string of the molecule is CC/C=C\C/C=C\C/C=C\C/C=C\C/C=C\C/C=C\C/C=C\C/C=C\CCCCC(=O)OCC(COC(=O)CC/C=C\C/C=C\C/C=C\C/C=C\CC)OC(=O)CCCC/C=C\C/C=C\C/C=C\C/C=C\C/C=C\C/C=C\CC. The van der Waals surface area contributed by atoms with Gasteiger partial charge in [0.2, 0.25) is 0 Å². The highest BCUT2D eigenvalue weighted by atomic mass is 16.6. The number of unbranched alkanes of at least 4 members (excludes halogenated alkanes) is 4. The number of hydrogen-bond acceptors (Lipinski definition) is 6. The molecule has 0 spiro atoms. The minimum Gasteiger partial charge on any atom is -0.462 e. The van der Waals surface area contributed by atoms with Crippen LogP contribution in [0.2, 0.25) is 0 Å². The summed E-state index contributed by atoms with van der Waals surface area (Å²) in [4.78, 5) is 38.2. The first-order valence-corrected chi connectivity index (χ1v) is 30.2. The van der Waals surface area contributed by atoms with Crippen LogP contribution in [-0.4, -0.2) is 37.2 Å². The van der Waals surface area contributed by atoms with Gasteiger partial charge in [0, 0.05) is 19.3 Å². The lowest BCUT2D eigenvalue weighted by Gasteiger charge is -2.18. The third-order valence-corrected chi connectivity index (χ3v) is 11.5. The zero-order valence-corrected chi connectivity index (χ0v) is 49.5. The Morgan fingerprint density at radius 2 is 0.468 bits per heavy atom. The lowest BCUT2D eigenvalue weighted by atomic mass is 10.1. The average molecular weight is 1080 g/mol. The molecule has 0 rings (SSSR count). The van der Waals surface area contributed by atoms with Gasteiger partial charge in [0.25, 0.3) is 0 Å². The van der Waals surface area contributed by atoms with Crippen molar-refractivity contribution in [1.29, 1.82) is 0 Å². The van der Waals surface area contributed by atoms with E-state index >= 15 is 0 Å². The van der Waals surface area contributed by atoms with Crippen molar-refractivity contribution >= 4 is 17.9 Å². The fraction of sp³-hybridized carbons (Fsp3) is 0.466. The Morgan fingerprint density at radius 1 is 0.253 bits per heavy atom. The second-order valence-electron chi connectivity index (χ2n) is 18.8. The molecule has 0 saturated carbocycles. The number of rotatable bonds is 51. The van der Waals surface area contributed by atoms with E-state index in [1.54, 1.807) is 0 Å². The van der Waals surface area contributed by atoms with E-state index in [0.29, 0.717) is 19.3 Å². The van der Waals surface area contributed by atoms with Gasteiger partial charge in [0.05, 0.1) is 0 Å². The van der Waals surface area contributed by atoms with Crippen LogP contribution in [-0.2, 0) is 28.6 Å². The molecule has 1 unspecified atom stereocenters. The fourth-order valence-corrected chi connectivity index (χ4v) is 7.06. The van der Waals surface area contributed by atoms with Gasteiger partial charge in [-0.3, -0.25) is 14.4 Å². The first-order valence-electron chi connectivity index (χ1n) is 30.2. The van der Waals surface area contributed by atoms with Gasteiger partial charge < -0.3 is 14.2 Å². The molecule has 0 N–H and O–H groups in total. The van der Waals surface area contributed by atoms with Gasteiger partial charge in [0.1, 0.15) is 13.2 Å². The maximum absolute atomic E-state index is 12.9. The van der Waals surface area contributed by atoms with E-state index in [-0.39, 0.29) is 44.4 Å². The predicted molar refractivity (Wildman–Crippen MR) is 343 cm³/mol. The molecule has 0 fully saturated rings. The standard InChI is InChI=1S/C73H106O6/c1-4-7-10-13-16-19-22-25-27-29-31-33-34-35-36-37-38-40-41-43-45-48-51-54-57-60-63-66-72(75)78-69-70(68-77-71(74)65-62-59-56-53-50-47-24-21-18-15-12-9-6-3)79-73(76)67-64-61-58-55-52-49-46-44-42-39-32-30-28-26-23-20-17-14-11-8-5-2/h7-12,16-21,25-28,31-33,35-36,38-40,43-47,50-52,54-56,59,70H,4-6,13-15,22-24,29-30,34,37,41-42,48-49,53,57-58,60-69H2,1-3H3/b10-7-,11-8-,12-9-,19-16-,20-17-,21-18-,27-25-,28-26-,33-31-,36-35-,39-32-,40-38-,45-43-,46-44-,50-47-,54-51-,55-52-,59-56-. The lowest BCUT2D eigenvalue weighted by molar-refractivity contribution is -0.166. The molecule has 0 aliphatic rings. The highest BCUT2D eigenvalue weighted by molar-refractivity contribution is 5.71. The van der Waals surface area contributed by atoms with Crippen LogP contribution in [0.25, 0.3) is 0 Å². The molecule has 0 heterocycles. The molecule has 0 saturated heterocycles. The van der Waals surface area contributed by atoms with Crippen molar-refractivity contribution in [1.82, 2.24) is 0 Å². The first-order chi connectivity index (χ1) is 39.0. The topological polar surface area (TPSA) is 78.9 Å². The molecule has 0 aliphatic carbocycles. The van der Waals surface area contributed by atoms with Crippen molar-refractivity contribution in [3.8, 4) is 0 Å². The van der Waals surface area contributed by atoms with Crippen LogP contribution in [0.3, 0.4) is 0 Å². The van der Waals surface area contributed by atoms with Crippen molar-refractivity contribution in [2.75, 3.05) is 13.2 Å². The van der Waals surface area contributed by atoms with Crippen molar-refractivity contribution < 1.29 is 28.6 Å². The maximum atomic E-state index is 12.9. The van der Waals surface area contributed by atoms with Gasteiger partial charge in [-0.2, -0.15) is 0 Å². The quantitative estimate of drug-likeness (QED) is 0.0261. The molecule has 6 nitrogen and oxygen atoms in total. The monoisotopic (exact) mass is 1080 g/mol. The number of esters is 3. The summed E-state index contributed by atoms with van der Waals surface area (Å²) in [5, 5.41) is 0. The van der Waals surface area contributed by atoms with Crippen LogP contribution in [0.5, 0.6) is 0 Å². The molecule has 0 aromatic carbocycles. The Bertz CT molecular complexity index is 2010. The van der Waals surface area contributed by atoms with E-state index in [9.17, 15) is 14.4 Å². The third-order valence-electron chi connectivity index (χ3n) is 11.5. The summed E-state index contributed by atoms with van der Waals surface area (Å²) in [5.41, 5.74) is 0. The molecule has 6 heteroatoms. The van der Waals surface area contributed by atoms with Gasteiger partial charge in [-0.25, -0.2) is 0 Å². The summed E-state index contributed by atoms with van der Waals surface area (Å²) in [6, 6.07) is 0. The smallest absolute Gasteiger partial charge is 0.306 e. The minimum atomic E-state index is -0.864. The second-order valence-corrected chi connectivity index (χ2v) is 18.8. The van der Waals surface area contributed by atoms with Crippen molar-refractivity contribution in [3.63, 3.8) is 0 Å². The third kappa shape index (κ3) is 62.5. The molecular weight excluding hydrogens is 973 g/mol. The Morgan fingerprint density at radius 3 is 0.734 bits per heavy atom. The van der Waals surface area contributed by atoms with Gasteiger partial charge in [-0.15, -0.1) is 0 Å². The maximum Gasteiger partial charge on any atom is 0.306 e. The number of hydrogen-bond donors (Lipinski definition) is 0. The van der Waals surface area contributed by atoms with Crippen molar-refractivity contribution in [2.45, 2.75) is 207 Å². The van der Waals surface area contributed by atoms with Crippen LogP contribution in [0.15, 0.2) is 219 Å². The largest absolute Gasteiger partial charge is 0.462 e. The minimum absolute atomic E-state index is 0.155. The summed E-state index contributed by atoms with van der Waals surface area (Å²) in [6.45, 7) is 6.12. The number of allylic oxidation sites excluding steroid dienone is 36. The average Bonchev–Trinajstić information content (AvgIpc) is 3.45. The van der Waals surface area contributed by atoms with Crippen molar-refractivity contribution in [3.05, 3.63) is 219 Å². The van der Waals surface area contributed by atoms with Crippen LogP contribution < -0.4 is 0 Å². The number of carbonyl (C=O) groups is 3. The second kappa shape index (κ2) is 64.3. The van der Waals surface area contributed by atoms with E-state index in [0.717, 1.165) is 141 Å². The zero-order chi connectivity index (χ0) is 57.1. The summed E-state index contributed by atoms with van der Waals surface area (Å²) in [5.74, 6) is -1.14. The van der Waals surface area contributed by atoms with Crippen LogP contribution in [0.4, 0.5) is 0 Å².